The second-order valence-corrected chi connectivity index (χ2v) is 18.8. The SMILES string of the molecule is CC#CC#CC#CC#CC#CC#CC#CC#CC#CC#CC#CC#CC(=O)N[C@@H](CO[C@H]1OC(CSSc2ccccn2)[C@H](C)[C@H](C)C1C)[C@H](OC(C)=O)[C@H](C)CCCCCCCCCCCCCC. The quantitative estimate of drug-likeness (QED) is 0.0475. The third-order valence-corrected chi connectivity index (χ3v) is 13.4. The van der Waals surface area contributed by atoms with E-state index in [1.165, 1.54) is 71.1 Å². The van der Waals surface area contributed by atoms with Crippen molar-refractivity contribution in [3.8, 4) is 142 Å². The van der Waals surface area contributed by atoms with E-state index in [9.17, 15) is 9.59 Å². The molecule has 0 bridgehead atoms. The molecule has 0 saturated carbocycles. The summed E-state index contributed by atoms with van der Waals surface area (Å²) in [5, 5.41) is 3.93. The van der Waals surface area contributed by atoms with Gasteiger partial charge < -0.3 is 19.5 Å². The summed E-state index contributed by atoms with van der Waals surface area (Å²) in [6, 6.07) is 5.17. The zero-order valence-corrected chi connectivity index (χ0v) is 43.5. The number of carbonyl (C=O) groups excluding carboxylic acids is 2. The third-order valence-electron chi connectivity index (χ3n) is 11.1. The first kappa shape index (κ1) is 59.6. The number of ether oxygens (including phenoxy) is 3. The highest BCUT2D eigenvalue weighted by Gasteiger charge is 2.41. The van der Waals surface area contributed by atoms with Gasteiger partial charge >= 0.3 is 5.97 Å². The molecule has 8 atom stereocenters. The predicted octanol–water partition coefficient (Wildman–Crippen LogP) is 9.68. The van der Waals surface area contributed by atoms with E-state index in [0.29, 0.717) is 11.8 Å². The number of nitrogens with zero attached hydrogens (tertiary/aromatic N) is 1. The highest BCUT2D eigenvalue weighted by atomic mass is 33.1. The van der Waals surface area contributed by atoms with Gasteiger partial charge in [-0.2, -0.15) is 0 Å². The lowest BCUT2D eigenvalue weighted by atomic mass is 9.79. The molecule has 1 aliphatic rings. The number of hydrogen-bond acceptors (Lipinski definition) is 8. The molecule has 9 heteroatoms. The zero-order valence-electron chi connectivity index (χ0n) is 41.8. The van der Waals surface area contributed by atoms with Gasteiger partial charge in [0.05, 0.1) is 18.8 Å². The number of rotatable bonds is 24. The van der Waals surface area contributed by atoms with E-state index in [2.05, 4.69) is 187 Å². The van der Waals surface area contributed by atoms with Crippen molar-refractivity contribution >= 4 is 33.5 Å². The Hall–Kier alpha value is -6.57. The normalized spacial score (nSPS) is 16.8. The minimum atomic E-state index is -0.700. The first-order chi connectivity index (χ1) is 34.2. The molecule has 0 aromatic carbocycles. The predicted molar refractivity (Wildman–Crippen MR) is 286 cm³/mol. The number of unbranched alkanes of at least 4 members (excludes halogenated alkanes) is 11. The fraction of sp³-hybridized carbons (Fsp3) is 0.492. The van der Waals surface area contributed by atoms with Crippen LogP contribution in [0.3, 0.4) is 0 Å². The molecule has 1 saturated heterocycles. The van der Waals surface area contributed by atoms with E-state index in [-0.39, 0.29) is 24.5 Å². The molecular weight excluding hydrogens is 905 g/mol. The van der Waals surface area contributed by atoms with Crippen molar-refractivity contribution in [3.63, 3.8) is 0 Å². The maximum absolute atomic E-state index is 13.3. The Morgan fingerprint density at radius 2 is 1.16 bits per heavy atom. The molecule has 360 valence electrons. The van der Waals surface area contributed by atoms with Gasteiger partial charge in [0.25, 0.3) is 5.91 Å². The van der Waals surface area contributed by atoms with E-state index < -0.39 is 30.3 Å². The summed E-state index contributed by atoms with van der Waals surface area (Å²) in [5.74, 6) is 61.5. The highest BCUT2D eigenvalue weighted by Crippen LogP contribution is 2.39. The van der Waals surface area contributed by atoms with Gasteiger partial charge in [-0.1, -0.05) is 134 Å². The standard InChI is InChI=1S/C61H64N2O5S2/c1-8-10-12-14-16-18-20-22-23-24-25-26-27-28-29-30-31-32-34-36-38-40-42-46-58(65)63-56(60(67-55(7)64)51(3)45-41-39-37-35-33-21-19-17-15-13-11-9-2)49-66-61-54(6)52(4)53(5)57(68-61)50-69-70-59-47-43-44-48-62-59/h43-44,47-48,51-54,56-57,60-61H,9,11,13,15,17,19,21,33,35,37,39,41,45,49-50H2,1-7H3,(H,63,65)/t51-,52+,53-,54?,56+,57?,60-,61+/m1/s1. The Bertz CT molecular complexity index is 2610. The van der Waals surface area contributed by atoms with Crippen LogP contribution in [-0.4, -0.2) is 53.8 Å². The van der Waals surface area contributed by atoms with Crippen molar-refractivity contribution in [3.05, 3.63) is 24.4 Å². The summed E-state index contributed by atoms with van der Waals surface area (Å²) in [4.78, 5) is 30.4. The number of carbonyl (C=O) groups is 2. The number of aromatic nitrogens is 1. The largest absolute Gasteiger partial charge is 0.460 e. The monoisotopic (exact) mass is 968 g/mol. The van der Waals surface area contributed by atoms with Gasteiger partial charge in [0.15, 0.2) is 6.29 Å². The van der Waals surface area contributed by atoms with Gasteiger partial charge in [0.1, 0.15) is 11.1 Å². The van der Waals surface area contributed by atoms with Crippen LogP contribution in [0.2, 0.25) is 0 Å². The second kappa shape index (κ2) is 40.3. The maximum Gasteiger partial charge on any atom is 0.302 e. The van der Waals surface area contributed by atoms with Crippen molar-refractivity contribution in [2.24, 2.45) is 23.7 Å². The molecule has 1 N–H and O–H groups in total. The molecule has 0 aliphatic carbocycles. The van der Waals surface area contributed by atoms with Crippen LogP contribution in [0.15, 0.2) is 29.4 Å². The molecule has 0 spiro atoms. The summed E-state index contributed by atoms with van der Waals surface area (Å²) in [5.41, 5.74) is 0. The smallest absolute Gasteiger partial charge is 0.302 e. The van der Waals surface area contributed by atoms with Crippen LogP contribution in [-0.2, 0) is 23.8 Å². The van der Waals surface area contributed by atoms with E-state index in [1.807, 2.05) is 18.2 Å². The topological polar surface area (TPSA) is 86.8 Å². The first-order valence-corrected chi connectivity index (χ1v) is 26.4. The van der Waals surface area contributed by atoms with Crippen LogP contribution in [0.25, 0.3) is 0 Å². The fourth-order valence-corrected chi connectivity index (χ4v) is 9.29. The minimum Gasteiger partial charge on any atom is -0.460 e. The fourth-order valence-electron chi connectivity index (χ4n) is 7.08. The highest BCUT2D eigenvalue weighted by molar-refractivity contribution is 8.76. The Morgan fingerprint density at radius 1 is 0.671 bits per heavy atom. The minimum absolute atomic E-state index is 0.0544. The molecule has 1 aliphatic heterocycles. The molecule has 0 radical (unpaired) electrons. The van der Waals surface area contributed by atoms with Gasteiger partial charge in [-0.05, 0) is 149 Å². The number of esters is 1. The Kier molecular flexibility index (Phi) is 34.3. The van der Waals surface area contributed by atoms with Gasteiger partial charge in [-0.25, -0.2) is 4.98 Å². The van der Waals surface area contributed by atoms with E-state index in [1.54, 1.807) is 34.7 Å². The molecule has 2 heterocycles. The van der Waals surface area contributed by atoms with Crippen LogP contribution in [0.5, 0.6) is 0 Å². The maximum atomic E-state index is 13.3. The number of pyridine rings is 1. The molecule has 2 unspecified atom stereocenters. The van der Waals surface area contributed by atoms with Crippen molar-refractivity contribution < 1.29 is 23.8 Å². The third kappa shape index (κ3) is 29.3. The van der Waals surface area contributed by atoms with Crippen LogP contribution in [0, 0.1) is 166 Å². The summed E-state index contributed by atoms with van der Waals surface area (Å²) in [6.45, 7) is 14.0. The Morgan fingerprint density at radius 3 is 1.63 bits per heavy atom. The average molecular weight is 969 g/mol. The van der Waals surface area contributed by atoms with E-state index >= 15 is 0 Å². The van der Waals surface area contributed by atoms with E-state index in [4.69, 9.17) is 14.2 Å². The van der Waals surface area contributed by atoms with Gasteiger partial charge in [-0.3, -0.25) is 9.59 Å². The lowest BCUT2D eigenvalue weighted by Gasteiger charge is -2.44. The molecule has 1 aromatic heterocycles. The van der Waals surface area contributed by atoms with Crippen LogP contribution in [0.1, 0.15) is 132 Å². The molecular formula is C61H64N2O5S2. The molecule has 1 aromatic rings. The van der Waals surface area contributed by atoms with Crippen molar-refractivity contribution in [1.82, 2.24) is 10.3 Å². The summed E-state index contributed by atoms with van der Waals surface area (Å²) in [7, 11) is 3.33. The first-order valence-electron chi connectivity index (χ1n) is 24.1. The molecule has 2 rings (SSSR count). The Balaban J connectivity index is 2.10. The Labute approximate surface area is 429 Å². The van der Waals surface area contributed by atoms with Crippen LogP contribution < -0.4 is 5.32 Å². The summed E-state index contributed by atoms with van der Waals surface area (Å²) in [6.07, 6.45) is 16.4. The number of hydrogen-bond donors (Lipinski definition) is 1. The van der Waals surface area contributed by atoms with Crippen molar-refractivity contribution in [2.45, 2.75) is 162 Å². The lowest BCUT2D eigenvalue weighted by molar-refractivity contribution is -0.246. The second-order valence-electron chi connectivity index (χ2n) is 16.4. The average Bonchev–Trinajstić information content (AvgIpc) is 3.35. The molecule has 70 heavy (non-hydrogen) atoms. The molecule has 1 amide bonds. The van der Waals surface area contributed by atoms with Crippen molar-refractivity contribution in [1.29, 1.82) is 0 Å². The van der Waals surface area contributed by atoms with Gasteiger partial charge in [0.2, 0.25) is 0 Å². The van der Waals surface area contributed by atoms with Gasteiger partial charge in [0, 0.05) is 66.2 Å². The van der Waals surface area contributed by atoms with Gasteiger partial charge in [-0.15, -0.1) is 0 Å². The molecule has 1 fully saturated rings. The van der Waals surface area contributed by atoms with Crippen LogP contribution >= 0.6 is 21.6 Å². The lowest BCUT2D eigenvalue weighted by Crippen LogP contribution is -2.53. The molecule has 7 nitrogen and oxygen atoms in total. The summed E-state index contributed by atoms with van der Waals surface area (Å²) < 4.78 is 19.2. The summed E-state index contributed by atoms with van der Waals surface area (Å²) >= 11 is 0. The zero-order chi connectivity index (χ0) is 50.7. The van der Waals surface area contributed by atoms with Crippen molar-refractivity contribution in [2.75, 3.05) is 12.4 Å². The van der Waals surface area contributed by atoms with Crippen LogP contribution in [0.4, 0.5) is 0 Å². The van der Waals surface area contributed by atoms with E-state index in [0.717, 1.165) is 30.0 Å². The number of nitrogens with one attached hydrogen (secondary N) is 1. The number of amides is 1.